The van der Waals surface area contributed by atoms with E-state index in [1.54, 1.807) is 11.3 Å². The molecular weight excluding hydrogens is 300 g/mol. The van der Waals surface area contributed by atoms with Crippen LogP contribution in [-0.4, -0.2) is 26.5 Å². The van der Waals surface area contributed by atoms with Crippen LogP contribution in [0.25, 0.3) is 0 Å². The molecule has 0 aliphatic heterocycles. The summed E-state index contributed by atoms with van der Waals surface area (Å²) in [4.78, 5) is 1.10. The molecule has 1 aromatic heterocycles. The van der Waals surface area contributed by atoms with Gasteiger partial charge in [-0.1, -0.05) is 0 Å². The largest absolute Gasteiger partial charge is 0.271 e. The first-order valence-corrected chi connectivity index (χ1v) is 8.01. The number of nitrogens with one attached hydrogen (secondary N) is 1. The van der Waals surface area contributed by atoms with Crippen LogP contribution in [0, 0.1) is 0 Å². The van der Waals surface area contributed by atoms with Gasteiger partial charge in [0.15, 0.2) is 0 Å². The third-order valence-electron chi connectivity index (χ3n) is 1.86. The van der Waals surface area contributed by atoms with Crippen LogP contribution in [0.2, 0.25) is 0 Å². The minimum absolute atomic E-state index is 0.0494. The fraction of sp³-hybridized carbons (Fsp3) is 0.500. The maximum absolute atomic E-state index is 11.1. The first kappa shape index (κ1) is 13.1. The molecular formula is C8H13BrN2O2S2. The zero-order valence-corrected chi connectivity index (χ0v) is 11.5. The highest BCUT2D eigenvalue weighted by molar-refractivity contribution is 9.10. The van der Waals surface area contributed by atoms with Gasteiger partial charge in [0.25, 0.3) is 0 Å². The third-order valence-corrected chi connectivity index (χ3v) is 4.82. The number of nitrogens with two attached hydrogens (primary N) is 1. The van der Waals surface area contributed by atoms with Crippen molar-refractivity contribution in [1.29, 1.82) is 0 Å². The van der Waals surface area contributed by atoms with Crippen molar-refractivity contribution >= 4 is 37.1 Å². The van der Waals surface area contributed by atoms with Crippen LogP contribution < -0.4 is 11.3 Å². The summed E-state index contributed by atoms with van der Waals surface area (Å²) in [5.41, 5.74) is 2.53. The summed E-state index contributed by atoms with van der Waals surface area (Å²) in [6, 6.07) is 1.70. The highest BCUT2D eigenvalue weighted by Crippen LogP contribution is 2.24. The van der Waals surface area contributed by atoms with Gasteiger partial charge in [-0.3, -0.25) is 11.3 Å². The smallest absolute Gasteiger partial charge is 0.149 e. The Morgan fingerprint density at radius 3 is 2.73 bits per heavy atom. The molecule has 0 aliphatic rings. The second kappa shape index (κ2) is 5.40. The Bertz CT molecular complexity index is 416. The monoisotopic (exact) mass is 312 g/mol. The van der Waals surface area contributed by atoms with E-state index in [1.165, 1.54) is 6.26 Å². The standard InChI is InChI=1S/C8H13BrN2O2S2/c1-15(12,13)5-6(11-10)4-8-7(9)2-3-14-8/h2-3,6,11H,4-5,10H2,1H3. The minimum Gasteiger partial charge on any atom is -0.271 e. The Kier molecular flexibility index (Phi) is 4.72. The van der Waals surface area contributed by atoms with Crippen molar-refractivity contribution in [3.05, 3.63) is 20.8 Å². The second-order valence-corrected chi connectivity index (χ2v) is 7.39. The Labute approximate surface area is 102 Å². The van der Waals surface area contributed by atoms with E-state index in [2.05, 4.69) is 21.4 Å². The van der Waals surface area contributed by atoms with E-state index in [0.717, 1.165) is 9.35 Å². The lowest BCUT2D eigenvalue weighted by atomic mass is 10.2. The average Bonchev–Trinajstić information content (AvgIpc) is 2.48. The van der Waals surface area contributed by atoms with Gasteiger partial charge in [0.05, 0.1) is 5.75 Å². The van der Waals surface area contributed by atoms with Crippen molar-refractivity contribution in [2.24, 2.45) is 5.84 Å². The molecule has 4 nitrogen and oxygen atoms in total. The fourth-order valence-electron chi connectivity index (χ4n) is 1.23. The van der Waals surface area contributed by atoms with E-state index in [1.807, 2.05) is 11.4 Å². The maximum Gasteiger partial charge on any atom is 0.149 e. The summed E-state index contributed by atoms with van der Waals surface area (Å²) in [7, 11) is -3.00. The van der Waals surface area contributed by atoms with Gasteiger partial charge in [-0.2, -0.15) is 0 Å². The van der Waals surface area contributed by atoms with Crippen molar-refractivity contribution < 1.29 is 8.42 Å². The lowest BCUT2D eigenvalue weighted by Gasteiger charge is -2.13. The molecule has 1 aromatic rings. The van der Waals surface area contributed by atoms with E-state index in [4.69, 9.17) is 5.84 Å². The van der Waals surface area contributed by atoms with Gasteiger partial charge in [0.1, 0.15) is 9.84 Å². The number of hydrogen-bond donors (Lipinski definition) is 2. The van der Waals surface area contributed by atoms with Crippen LogP contribution in [0.15, 0.2) is 15.9 Å². The molecule has 7 heteroatoms. The van der Waals surface area contributed by atoms with E-state index in [0.29, 0.717) is 6.42 Å². The summed E-state index contributed by atoms with van der Waals surface area (Å²) >= 11 is 4.98. The van der Waals surface area contributed by atoms with Gasteiger partial charge in [0.2, 0.25) is 0 Å². The molecule has 15 heavy (non-hydrogen) atoms. The number of hydrogen-bond acceptors (Lipinski definition) is 5. The van der Waals surface area contributed by atoms with Crippen LogP contribution in [0.5, 0.6) is 0 Å². The Morgan fingerprint density at radius 2 is 2.33 bits per heavy atom. The van der Waals surface area contributed by atoms with Crippen molar-refractivity contribution in [1.82, 2.24) is 5.43 Å². The molecule has 0 spiro atoms. The summed E-state index contributed by atoms with van der Waals surface area (Å²) in [6.45, 7) is 0. The summed E-state index contributed by atoms with van der Waals surface area (Å²) in [5.74, 6) is 5.37. The number of halogens is 1. The van der Waals surface area contributed by atoms with E-state index >= 15 is 0 Å². The molecule has 0 amide bonds. The third kappa shape index (κ3) is 4.60. The Balaban J connectivity index is 2.66. The van der Waals surface area contributed by atoms with Gasteiger partial charge < -0.3 is 0 Å². The molecule has 0 aromatic carbocycles. The number of hydrazine groups is 1. The second-order valence-electron chi connectivity index (χ2n) is 3.35. The minimum atomic E-state index is -3.00. The molecule has 1 heterocycles. The fourth-order valence-corrected chi connectivity index (χ4v) is 3.77. The highest BCUT2D eigenvalue weighted by atomic mass is 79.9. The van der Waals surface area contributed by atoms with Crippen LogP contribution >= 0.6 is 27.3 Å². The van der Waals surface area contributed by atoms with Gasteiger partial charge in [-0.15, -0.1) is 11.3 Å². The van der Waals surface area contributed by atoms with E-state index < -0.39 is 9.84 Å². The van der Waals surface area contributed by atoms with Crippen molar-refractivity contribution in [2.75, 3.05) is 12.0 Å². The molecule has 0 bridgehead atoms. The lowest BCUT2D eigenvalue weighted by molar-refractivity contribution is 0.548. The molecule has 1 rings (SSSR count). The maximum atomic E-state index is 11.1. The first-order valence-electron chi connectivity index (χ1n) is 4.28. The normalized spacial score (nSPS) is 14.1. The van der Waals surface area contributed by atoms with Crippen molar-refractivity contribution in [3.63, 3.8) is 0 Å². The predicted octanol–water partition coefficient (Wildman–Crippen LogP) is 0.930. The molecule has 3 N–H and O–H groups in total. The van der Waals surface area contributed by atoms with Crippen LogP contribution in [0.4, 0.5) is 0 Å². The predicted molar refractivity (Wildman–Crippen MR) is 66.5 cm³/mol. The molecule has 0 aliphatic carbocycles. The van der Waals surface area contributed by atoms with Gasteiger partial charge >= 0.3 is 0 Å². The Hall–Kier alpha value is 0.0500. The summed E-state index contributed by atoms with van der Waals surface area (Å²) in [6.07, 6.45) is 1.82. The number of thiophene rings is 1. The van der Waals surface area contributed by atoms with Crippen molar-refractivity contribution in [2.45, 2.75) is 12.5 Å². The number of sulfone groups is 1. The highest BCUT2D eigenvalue weighted by Gasteiger charge is 2.16. The van der Waals surface area contributed by atoms with Crippen LogP contribution in [0.1, 0.15) is 4.88 Å². The molecule has 1 unspecified atom stereocenters. The zero-order chi connectivity index (χ0) is 11.5. The van der Waals surface area contributed by atoms with E-state index in [9.17, 15) is 8.42 Å². The molecule has 0 saturated heterocycles. The molecule has 0 fully saturated rings. The molecule has 86 valence electrons. The van der Waals surface area contributed by atoms with Crippen LogP contribution in [0.3, 0.4) is 0 Å². The topological polar surface area (TPSA) is 72.2 Å². The van der Waals surface area contributed by atoms with Gasteiger partial charge in [-0.05, 0) is 27.4 Å². The molecule has 1 atom stereocenters. The van der Waals surface area contributed by atoms with Gasteiger partial charge in [0, 0.05) is 28.1 Å². The van der Waals surface area contributed by atoms with Crippen molar-refractivity contribution in [3.8, 4) is 0 Å². The average molecular weight is 313 g/mol. The Morgan fingerprint density at radius 1 is 1.67 bits per heavy atom. The molecule has 0 saturated carbocycles. The first-order chi connectivity index (χ1) is 6.92. The summed E-state index contributed by atoms with van der Waals surface area (Å²) < 4.78 is 23.2. The van der Waals surface area contributed by atoms with E-state index in [-0.39, 0.29) is 11.8 Å². The quantitative estimate of drug-likeness (QED) is 0.627. The SMILES string of the molecule is CS(=O)(=O)CC(Cc1sccc1Br)NN. The zero-order valence-electron chi connectivity index (χ0n) is 8.23. The lowest BCUT2D eigenvalue weighted by Crippen LogP contribution is -2.41. The summed E-state index contributed by atoms with van der Waals surface area (Å²) in [5, 5.41) is 1.95. The number of rotatable bonds is 5. The van der Waals surface area contributed by atoms with Crippen LogP contribution in [-0.2, 0) is 16.3 Å². The molecule has 0 radical (unpaired) electrons. The van der Waals surface area contributed by atoms with Gasteiger partial charge in [-0.25, -0.2) is 8.42 Å².